The topological polar surface area (TPSA) is 55.6 Å². The SMILES string of the molecule is CCCCC(=O)Oc1cccc(-c2nc3c(C)cccn3c2NC(C)(C)CC(C)(C)C)c1. The Kier molecular flexibility index (Phi) is 6.97. The van der Waals surface area contributed by atoms with Crippen LogP contribution < -0.4 is 10.1 Å². The second-order valence-electron chi connectivity index (χ2n) is 10.5. The number of carbonyl (C=O) groups is 1. The van der Waals surface area contributed by atoms with Gasteiger partial charge in [-0.25, -0.2) is 4.98 Å². The van der Waals surface area contributed by atoms with Crippen LogP contribution in [0.3, 0.4) is 0 Å². The molecular weight excluding hydrogens is 398 g/mol. The van der Waals surface area contributed by atoms with Crippen molar-refractivity contribution in [1.29, 1.82) is 0 Å². The molecule has 0 aliphatic heterocycles. The fourth-order valence-electron chi connectivity index (χ4n) is 4.43. The number of esters is 1. The van der Waals surface area contributed by atoms with Crippen LogP contribution in [0.25, 0.3) is 16.9 Å². The summed E-state index contributed by atoms with van der Waals surface area (Å²) in [6, 6.07) is 11.8. The van der Waals surface area contributed by atoms with Crippen LogP contribution in [0.4, 0.5) is 5.82 Å². The van der Waals surface area contributed by atoms with Gasteiger partial charge in [0.25, 0.3) is 0 Å². The van der Waals surface area contributed by atoms with Crippen molar-refractivity contribution < 1.29 is 9.53 Å². The lowest BCUT2D eigenvalue weighted by Crippen LogP contribution is -2.36. The van der Waals surface area contributed by atoms with Crippen molar-refractivity contribution in [2.45, 2.75) is 79.7 Å². The molecule has 3 aromatic rings. The molecule has 0 atom stereocenters. The average Bonchev–Trinajstić information content (AvgIpc) is 3.04. The second-order valence-corrected chi connectivity index (χ2v) is 10.5. The minimum Gasteiger partial charge on any atom is -0.427 e. The number of fused-ring (bicyclic) bond motifs is 1. The Hall–Kier alpha value is -2.82. The lowest BCUT2D eigenvalue weighted by Gasteiger charge is -2.34. The number of pyridine rings is 1. The number of ether oxygens (including phenoxy) is 1. The molecule has 0 saturated heterocycles. The van der Waals surface area contributed by atoms with Gasteiger partial charge in [0, 0.05) is 23.7 Å². The second kappa shape index (κ2) is 9.35. The Morgan fingerprint density at radius 2 is 1.88 bits per heavy atom. The molecule has 0 aliphatic carbocycles. The summed E-state index contributed by atoms with van der Waals surface area (Å²) in [6.45, 7) is 15.4. The van der Waals surface area contributed by atoms with E-state index in [0.29, 0.717) is 12.2 Å². The molecule has 5 nitrogen and oxygen atoms in total. The normalized spacial score (nSPS) is 12.2. The molecule has 0 bridgehead atoms. The number of unbranched alkanes of at least 4 members (excludes halogenated alkanes) is 1. The van der Waals surface area contributed by atoms with Gasteiger partial charge in [0.05, 0.1) is 0 Å². The molecule has 2 heterocycles. The van der Waals surface area contributed by atoms with Crippen molar-refractivity contribution in [2.24, 2.45) is 5.41 Å². The number of benzene rings is 1. The highest BCUT2D eigenvalue weighted by Gasteiger charge is 2.28. The first kappa shape index (κ1) is 23.8. The molecule has 1 N–H and O–H groups in total. The number of nitrogens with zero attached hydrogens (tertiary/aromatic N) is 2. The van der Waals surface area contributed by atoms with Crippen molar-refractivity contribution >= 4 is 17.4 Å². The molecule has 32 heavy (non-hydrogen) atoms. The smallest absolute Gasteiger partial charge is 0.311 e. The van der Waals surface area contributed by atoms with Crippen molar-refractivity contribution in [3.63, 3.8) is 0 Å². The molecule has 0 fully saturated rings. The molecule has 0 saturated carbocycles. The van der Waals surface area contributed by atoms with Gasteiger partial charge in [0.2, 0.25) is 0 Å². The number of aromatic nitrogens is 2. The van der Waals surface area contributed by atoms with Crippen LogP contribution in [-0.2, 0) is 4.79 Å². The third-order valence-electron chi connectivity index (χ3n) is 5.35. The van der Waals surface area contributed by atoms with Crippen molar-refractivity contribution in [1.82, 2.24) is 9.38 Å². The third kappa shape index (κ3) is 5.90. The molecule has 0 amide bonds. The van der Waals surface area contributed by atoms with Gasteiger partial charge in [-0.05, 0) is 62.8 Å². The van der Waals surface area contributed by atoms with Crippen LogP contribution in [0.1, 0.15) is 72.8 Å². The van der Waals surface area contributed by atoms with Gasteiger partial charge >= 0.3 is 5.97 Å². The number of hydrogen-bond acceptors (Lipinski definition) is 4. The molecule has 0 radical (unpaired) electrons. The largest absolute Gasteiger partial charge is 0.427 e. The van der Waals surface area contributed by atoms with Crippen LogP contribution in [0.2, 0.25) is 0 Å². The van der Waals surface area contributed by atoms with Crippen LogP contribution in [0.15, 0.2) is 42.6 Å². The van der Waals surface area contributed by atoms with E-state index in [2.05, 4.69) is 64.3 Å². The summed E-state index contributed by atoms with van der Waals surface area (Å²) in [5.74, 6) is 1.31. The maximum absolute atomic E-state index is 12.1. The number of hydrogen-bond donors (Lipinski definition) is 1. The predicted molar refractivity (Wildman–Crippen MR) is 132 cm³/mol. The zero-order chi connectivity index (χ0) is 23.5. The quantitative estimate of drug-likeness (QED) is 0.305. The predicted octanol–water partition coefficient (Wildman–Crippen LogP) is 7.03. The standard InChI is InChI=1S/C27H37N3O2/c1-8-9-15-22(31)32-21-14-10-13-20(17-21)23-25(29-27(6,7)18-26(3,4)5)30-16-11-12-19(2)24(30)28-23/h10-14,16-17,29H,8-9,15,18H2,1-7H3. The van der Waals surface area contributed by atoms with Crippen LogP contribution in [-0.4, -0.2) is 20.9 Å². The molecule has 3 rings (SSSR count). The number of anilines is 1. The zero-order valence-corrected chi connectivity index (χ0v) is 20.6. The fraction of sp³-hybridized carbons (Fsp3) is 0.481. The van der Waals surface area contributed by atoms with Crippen LogP contribution >= 0.6 is 0 Å². The first-order chi connectivity index (χ1) is 15.0. The zero-order valence-electron chi connectivity index (χ0n) is 20.6. The van der Waals surface area contributed by atoms with E-state index in [9.17, 15) is 4.79 Å². The summed E-state index contributed by atoms with van der Waals surface area (Å²) in [6.07, 6.45) is 5.27. The Labute approximate surface area is 192 Å². The van der Waals surface area contributed by atoms with Crippen LogP contribution in [0.5, 0.6) is 5.75 Å². The first-order valence-corrected chi connectivity index (χ1v) is 11.6. The molecule has 0 spiro atoms. The van der Waals surface area contributed by atoms with Crippen molar-refractivity contribution in [2.75, 3.05) is 5.32 Å². The summed E-state index contributed by atoms with van der Waals surface area (Å²) in [7, 11) is 0. The lowest BCUT2D eigenvalue weighted by atomic mass is 9.82. The van der Waals surface area contributed by atoms with E-state index in [0.717, 1.165) is 47.5 Å². The van der Waals surface area contributed by atoms with Gasteiger partial charge < -0.3 is 10.1 Å². The Morgan fingerprint density at radius 3 is 2.56 bits per heavy atom. The highest BCUT2D eigenvalue weighted by Crippen LogP contribution is 2.36. The van der Waals surface area contributed by atoms with E-state index in [1.54, 1.807) is 0 Å². The summed E-state index contributed by atoms with van der Waals surface area (Å²) >= 11 is 0. The van der Waals surface area contributed by atoms with Crippen molar-refractivity contribution in [3.8, 4) is 17.0 Å². The Balaban J connectivity index is 2.03. The van der Waals surface area contributed by atoms with Gasteiger partial charge in [-0.2, -0.15) is 0 Å². The van der Waals surface area contributed by atoms with E-state index in [4.69, 9.17) is 9.72 Å². The first-order valence-electron chi connectivity index (χ1n) is 11.6. The van der Waals surface area contributed by atoms with Crippen LogP contribution in [0, 0.1) is 12.3 Å². The minimum atomic E-state index is -0.195. The minimum absolute atomic E-state index is 0.142. The van der Waals surface area contributed by atoms with Gasteiger partial charge in [-0.3, -0.25) is 9.20 Å². The molecule has 2 aromatic heterocycles. The highest BCUT2D eigenvalue weighted by atomic mass is 16.5. The Bertz CT molecular complexity index is 1090. The summed E-state index contributed by atoms with van der Waals surface area (Å²) in [5, 5.41) is 3.77. The van der Waals surface area contributed by atoms with E-state index in [1.165, 1.54) is 0 Å². The van der Waals surface area contributed by atoms with Gasteiger partial charge in [-0.15, -0.1) is 0 Å². The van der Waals surface area contributed by atoms with E-state index in [1.807, 2.05) is 36.5 Å². The number of aryl methyl sites for hydroxylation is 1. The number of nitrogens with one attached hydrogen (secondary N) is 1. The summed E-state index contributed by atoms with van der Waals surface area (Å²) in [4.78, 5) is 17.1. The van der Waals surface area contributed by atoms with E-state index < -0.39 is 0 Å². The van der Waals surface area contributed by atoms with E-state index in [-0.39, 0.29) is 16.9 Å². The monoisotopic (exact) mass is 435 g/mol. The maximum atomic E-state index is 12.1. The van der Waals surface area contributed by atoms with Gasteiger partial charge in [0.15, 0.2) is 0 Å². The molecular formula is C27H37N3O2. The molecule has 5 heteroatoms. The summed E-state index contributed by atoms with van der Waals surface area (Å²) in [5.41, 5.74) is 3.84. The van der Waals surface area contributed by atoms with Gasteiger partial charge in [-0.1, -0.05) is 52.3 Å². The maximum Gasteiger partial charge on any atom is 0.311 e. The number of rotatable bonds is 8. The molecule has 1 aromatic carbocycles. The van der Waals surface area contributed by atoms with Gasteiger partial charge in [0.1, 0.15) is 22.9 Å². The highest BCUT2D eigenvalue weighted by molar-refractivity contribution is 5.79. The molecule has 0 aliphatic rings. The average molecular weight is 436 g/mol. The molecule has 0 unspecified atom stereocenters. The Morgan fingerprint density at radius 1 is 1.12 bits per heavy atom. The third-order valence-corrected chi connectivity index (χ3v) is 5.35. The lowest BCUT2D eigenvalue weighted by molar-refractivity contribution is -0.134. The van der Waals surface area contributed by atoms with Crippen molar-refractivity contribution in [3.05, 3.63) is 48.2 Å². The van der Waals surface area contributed by atoms with E-state index >= 15 is 0 Å². The molecule has 172 valence electrons. The fourth-order valence-corrected chi connectivity index (χ4v) is 4.43. The summed E-state index contributed by atoms with van der Waals surface area (Å²) < 4.78 is 7.71. The number of imidazole rings is 1. The number of carbonyl (C=O) groups excluding carboxylic acids is 1.